The molecule has 0 radical (unpaired) electrons. The molecule has 1 saturated heterocycles. The Bertz CT molecular complexity index is 763. The van der Waals surface area contributed by atoms with Gasteiger partial charge in [0.15, 0.2) is 0 Å². The molecule has 1 amide bonds. The van der Waals surface area contributed by atoms with Gasteiger partial charge >= 0.3 is 0 Å². The second-order valence-corrected chi connectivity index (χ2v) is 6.81. The fourth-order valence-corrected chi connectivity index (χ4v) is 3.98. The summed E-state index contributed by atoms with van der Waals surface area (Å²) in [7, 11) is 1.44. The van der Waals surface area contributed by atoms with Crippen LogP contribution in [-0.2, 0) is 4.79 Å². The molecule has 2 aromatic rings. The number of rotatable bonds is 6. The van der Waals surface area contributed by atoms with Crippen LogP contribution in [0.1, 0.15) is 23.8 Å². The minimum atomic E-state index is -0.525. The summed E-state index contributed by atoms with van der Waals surface area (Å²) in [5.74, 6) is 0.124. The van der Waals surface area contributed by atoms with Crippen molar-refractivity contribution in [2.24, 2.45) is 0 Å². The number of ether oxygens (including phenoxy) is 1. The molecule has 1 fully saturated rings. The van der Waals surface area contributed by atoms with E-state index in [4.69, 9.17) is 4.74 Å². The molecule has 1 aromatic carbocycles. The Morgan fingerprint density at radius 3 is 3.00 bits per heavy atom. The van der Waals surface area contributed by atoms with E-state index in [0.29, 0.717) is 5.75 Å². The van der Waals surface area contributed by atoms with Gasteiger partial charge in [0.2, 0.25) is 5.91 Å². The Kier molecular flexibility index (Phi) is 5.30. The number of nitrogens with one attached hydrogen (secondary N) is 1. The molecule has 0 bridgehead atoms. The summed E-state index contributed by atoms with van der Waals surface area (Å²) in [6, 6.07) is 8.73. The number of amides is 1. The van der Waals surface area contributed by atoms with Gasteiger partial charge in [-0.2, -0.15) is 0 Å². The number of carbonyl (C=O) groups is 1. The van der Waals surface area contributed by atoms with E-state index >= 15 is 0 Å². The van der Waals surface area contributed by atoms with Crippen LogP contribution in [0, 0.1) is 10.1 Å². The number of anilines is 1. The van der Waals surface area contributed by atoms with Crippen molar-refractivity contribution < 1.29 is 14.5 Å². The zero-order valence-corrected chi connectivity index (χ0v) is 14.6. The zero-order valence-electron chi connectivity index (χ0n) is 13.8. The molecule has 1 N–H and O–H groups in total. The summed E-state index contributed by atoms with van der Waals surface area (Å²) in [6.45, 7) is 1.06. The third kappa shape index (κ3) is 3.97. The second-order valence-electron chi connectivity index (χ2n) is 5.83. The van der Waals surface area contributed by atoms with Crippen molar-refractivity contribution in [3.05, 3.63) is 50.7 Å². The van der Waals surface area contributed by atoms with Crippen LogP contribution in [0.2, 0.25) is 0 Å². The van der Waals surface area contributed by atoms with E-state index < -0.39 is 4.92 Å². The van der Waals surface area contributed by atoms with Crippen molar-refractivity contribution in [1.29, 1.82) is 0 Å². The molecular formula is C17H19N3O4S. The number of nitro benzene ring substituents is 1. The predicted octanol–water partition coefficient (Wildman–Crippen LogP) is 3.44. The number of hydrogen-bond acceptors (Lipinski definition) is 6. The maximum absolute atomic E-state index is 12.4. The maximum Gasteiger partial charge on any atom is 0.296 e. The Morgan fingerprint density at radius 1 is 1.48 bits per heavy atom. The Hall–Kier alpha value is -2.45. The molecule has 25 heavy (non-hydrogen) atoms. The highest BCUT2D eigenvalue weighted by Gasteiger charge is 2.28. The number of nitrogens with zero attached hydrogens (tertiary/aromatic N) is 2. The average molecular weight is 361 g/mol. The van der Waals surface area contributed by atoms with Gasteiger partial charge in [0.1, 0.15) is 11.4 Å². The minimum Gasteiger partial charge on any atom is -0.496 e. The van der Waals surface area contributed by atoms with Crippen LogP contribution in [0.4, 0.5) is 11.4 Å². The van der Waals surface area contributed by atoms with Gasteiger partial charge in [0, 0.05) is 10.9 Å². The molecule has 132 valence electrons. The highest BCUT2D eigenvalue weighted by molar-refractivity contribution is 7.10. The van der Waals surface area contributed by atoms with Crippen molar-refractivity contribution in [2.75, 3.05) is 25.5 Å². The van der Waals surface area contributed by atoms with Gasteiger partial charge in [-0.1, -0.05) is 6.07 Å². The van der Waals surface area contributed by atoms with Gasteiger partial charge in [-0.25, -0.2) is 0 Å². The van der Waals surface area contributed by atoms with Crippen LogP contribution in [0.25, 0.3) is 0 Å². The predicted molar refractivity (Wildman–Crippen MR) is 96.1 cm³/mol. The van der Waals surface area contributed by atoms with Gasteiger partial charge in [0.25, 0.3) is 5.69 Å². The molecule has 1 aliphatic rings. The molecule has 0 aliphatic carbocycles. The van der Waals surface area contributed by atoms with Crippen LogP contribution >= 0.6 is 11.3 Å². The average Bonchev–Trinajstić information content (AvgIpc) is 3.26. The first-order valence-electron chi connectivity index (χ1n) is 7.98. The van der Waals surface area contributed by atoms with E-state index in [9.17, 15) is 14.9 Å². The van der Waals surface area contributed by atoms with Crippen molar-refractivity contribution in [1.82, 2.24) is 4.90 Å². The molecule has 3 rings (SSSR count). The summed E-state index contributed by atoms with van der Waals surface area (Å²) < 4.78 is 5.00. The third-order valence-corrected chi connectivity index (χ3v) is 5.23. The molecule has 1 aliphatic heterocycles. The number of carbonyl (C=O) groups excluding carboxylic acids is 1. The fraction of sp³-hybridized carbons (Fsp3) is 0.353. The normalized spacial score (nSPS) is 17.4. The number of thiophene rings is 1. The van der Waals surface area contributed by atoms with Crippen LogP contribution in [-0.4, -0.2) is 35.9 Å². The van der Waals surface area contributed by atoms with E-state index in [2.05, 4.69) is 16.3 Å². The van der Waals surface area contributed by atoms with Crippen molar-refractivity contribution >= 4 is 28.6 Å². The smallest absolute Gasteiger partial charge is 0.296 e. The van der Waals surface area contributed by atoms with E-state index in [0.717, 1.165) is 19.4 Å². The summed E-state index contributed by atoms with van der Waals surface area (Å²) in [5, 5.41) is 15.9. The molecule has 0 unspecified atom stereocenters. The highest BCUT2D eigenvalue weighted by Crippen LogP contribution is 2.34. The topological polar surface area (TPSA) is 84.7 Å². The molecule has 1 atom stereocenters. The van der Waals surface area contributed by atoms with Gasteiger partial charge in [-0.15, -0.1) is 11.3 Å². The number of benzene rings is 1. The van der Waals surface area contributed by atoms with Crippen LogP contribution < -0.4 is 10.1 Å². The molecule has 0 saturated carbocycles. The fourth-order valence-electron chi connectivity index (χ4n) is 3.09. The van der Waals surface area contributed by atoms with Crippen molar-refractivity contribution in [3.63, 3.8) is 0 Å². The van der Waals surface area contributed by atoms with Crippen LogP contribution in [0.3, 0.4) is 0 Å². The summed E-state index contributed by atoms with van der Waals surface area (Å²) in [4.78, 5) is 26.5. The van der Waals surface area contributed by atoms with E-state index in [1.54, 1.807) is 17.4 Å². The molecule has 2 heterocycles. The molecule has 7 nitrogen and oxygen atoms in total. The number of methoxy groups -OCH3 is 1. The Balaban J connectivity index is 1.69. The lowest BCUT2D eigenvalue weighted by Gasteiger charge is -2.22. The van der Waals surface area contributed by atoms with Gasteiger partial charge in [-0.3, -0.25) is 19.8 Å². The lowest BCUT2D eigenvalue weighted by Crippen LogP contribution is -2.32. The molecule has 1 aromatic heterocycles. The van der Waals surface area contributed by atoms with Crippen LogP contribution in [0.5, 0.6) is 5.75 Å². The second kappa shape index (κ2) is 7.62. The first kappa shape index (κ1) is 17.4. The first-order valence-corrected chi connectivity index (χ1v) is 8.86. The third-order valence-electron chi connectivity index (χ3n) is 4.26. The van der Waals surface area contributed by atoms with Gasteiger partial charge in [0.05, 0.1) is 24.6 Å². The molecule has 8 heteroatoms. The quantitative estimate of drug-likeness (QED) is 0.629. The Labute approximate surface area is 149 Å². The van der Waals surface area contributed by atoms with Crippen LogP contribution in [0.15, 0.2) is 35.7 Å². The summed E-state index contributed by atoms with van der Waals surface area (Å²) in [5.41, 5.74) is 0.00611. The minimum absolute atomic E-state index is 0.177. The lowest BCUT2D eigenvalue weighted by molar-refractivity contribution is -0.384. The molecule has 0 spiro atoms. The van der Waals surface area contributed by atoms with E-state index in [1.165, 1.54) is 24.1 Å². The largest absolute Gasteiger partial charge is 0.496 e. The number of likely N-dealkylation sites (tertiary alicyclic amines) is 1. The van der Waals surface area contributed by atoms with E-state index in [1.807, 2.05) is 11.4 Å². The molecular weight excluding hydrogens is 342 g/mol. The van der Waals surface area contributed by atoms with Crippen molar-refractivity contribution in [2.45, 2.75) is 18.9 Å². The monoisotopic (exact) mass is 361 g/mol. The maximum atomic E-state index is 12.4. The highest BCUT2D eigenvalue weighted by atomic mass is 32.1. The number of hydrogen-bond donors (Lipinski definition) is 1. The SMILES string of the molecule is COc1ccc(NC(=O)CN2CCC[C@H]2c2cccs2)c([N+](=O)[O-])c1. The summed E-state index contributed by atoms with van der Waals surface area (Å²) in [6.07, 6.45) is 2.06. The lowest BCUT2D eigenvalue weighted by atomic mass is 10.2. The summed E-state index contributed by atoms with van der Waals surface area (Å²) >= 11 is 1.69. The van der Waals surface area contributed by atoms with Gasteiger partial charge < -0.3 is 10.1 Å². The zero-order chi connectivity index (χ0) is 17.8. The van der Waals surface area contributed by atoms with Crippen molar-refractivity contribution in [3.8, 4) is 5.75 Å². The standard InChI is InChI=1S/C17H19N3O4S/c1-24-12-6-7-13(15(10-12)20(22)23)18-17(21)11-19-8-2-4-14(19)16-5-3-9-25-16/h3,5-7,9-10,14H,2,4,8,11H2,1H3,(H,18,21)/t14-/m0/s1. The number of nitro groups is 1. The first-order chi connectivity index (χ1) is 12.1. The Morgan fingerprint density at radius 2 is 2.32 bits per heavy atom. The van der Waals surface area contributed by atoms with Gasteiger partial charge in [-0.05, 0) is 43.0 Å². The van der Waals surface area contributed by atoms with E-state index in [-0.39, 0.29) is 29.9 Å².